The van der Waals surface area contributed by atoms with Crippen molar-refractivity contribution < 1.29 is 0 Å². The molecule has 0 heterocycles. The summed E-state index contributed by atoms with van der Waals surface area (Å²) in [6, 6.07) is 6.75. The Bertz CT molecular complexity index is 349. The molecule has 0 aliphatic heterocycles. The zero-order chi connectivity index (χ0) is 12.8. The van der Waals surface area contributed by atoms with Crippen LogP contribution in [-0.4, -0.2) is 13.1 Å². The van der Waals surface area contributed by atoms with Crippen LogP contribution < -0.4 is 4.90 Å². The minimum absolute atomic E-state index is 0.749. The Morgan fingerprint density at radius 2 is 2.00 bits per heavy atom. The Morgan fingerprint density at radius 3 is 2.53 bits per heavy atom. The van der Waals surface area contributed by atoms with Gasteiger partial charge in [0.25, 0.3) is 0 Å². The summed E-state index contributed by atoms with van der Waals surface area (Å²) in [6.07, 6.45) is 1.24. The predicted octanol–water partition coefficient (Wildman–Crippen LogP) is 4.76. The highest BCUT2D eigenvalue weighted by Gasteiger charge is 2.11. The SMILES string of the molecule is CCC(C)CN(CC)c1ccc(C)cc1CBr. The van der Waals surface area contributed by atoms with Crippen molar-refractivity contribution in [1.82, 2.24) is 0 Å². The average Bonchev–Trinajstić information content (AvgIpc) is 2.35. The van der Waals surface area contributed by atoms with E-state index in [0.717, 1.165) is 24.3 Å². The maximum atomic E-state index is 3.60. The van der Waals surface area contributed by atoms with Crippen molar-refractivity contribution in [2.75, 3.05) is 18.0 Å². The largest absolute Gasteiger partial charge is 0.371 e. The molecule has 1 rings (SSSR count). The van der Waals surface area contributed by atoms with Crippen LogP contribution in [0.5, 0.6) is 0 Å². The lowest BCUT2D eigenvalue weighted by molar-refractivity contribution is 0.547. The van der Waals surface area contributed by atoms with Crippen molar-refractivity contribution in [3.63, 3.8) is 0 Å². The van der Waals surface area contributed by atoms with Gasteiger partial charge in [-0.2, -0.15) is 0 Å². The summed E-state index contributed by atoms with van der Waals surface area (Å²) < 4.78 is 0. The molecular formula is C15H24BrN. The number of aryl methyl sites for hydroxylation is 1. The summed E-state index contributed by atoms with van der Waals surface area (Å²) in [7, 11) is 0. The van der Waals surface area contributed by atoms with Crippen molar-refractivity contribution in [1.29, 1.82) is 0 Å². The molecule has 0 aliphatic rings. The second-order valence-corrected chi connectivity index (χ2v) is 5.38. The summed E-state index contributed by atoms with van der Waals surface area (Å²) in [6.45, 7) is 11.2. The lowest BCUT2D eigenvalue weighted by Gasteiger charge is -2.28. The predicted molar refractivity (Wildman–Crippen MR) is 81.2 cm³/mol. The van der Waals surface area contributed by atoms with Gasteiger partial charge in [-0.05, 0) is 31.4 Å². The number of hydrogen-bond acceptors (Lipinski definition) is 1. The van der Waals surface area contributed by atoms with E-state index in [1.165, 1.54) is 23.2 Å². The van der Waals surface area contributed by atoms with Crippen LogP contribution in [0.1, 0.15) is 38.3 Å². The highest BCUT2D eigenvalue weighted by atomic mass is 79.9. The fraction of sp³-hybridized carbons (Fsp3) is 0.600. The van der Waals surface area contributed by atoms with E-state index in [0.29, 0.717) is 0 Å². The number of nitrogens with zero attached hydrogens (tertiary/aromatic N) is 1. The van der Waals surface area contributed by atoms with Gasteiger partial charge in [-0.25, -0.2) is 0 Å². The molecule has 1 unspecified atom stereocenters. The Hall–Kier alpha value is -0.500. The third kappa shape index (κ3) is 4.02. The molecule has 1 aromatic carbocycles. The van der Waals surface area contributed by atoms with Gasteiger partial charge in [0.1, 0.15) is 0 Å². The Morgan fingerprint density at radius 1 is 1.29 bits per heavy atom. The van der Waals surface area contributed by atoms with Crippen molar-refractivity contribution >= 4 is 21.6 Å². The summed E-state index contributed by atoms with van der Waals surface area (Å²) >= 11 is 3.60. The van der Waals surface area contributed by atoms with E-state index in [2.05, 4.69) is 66.7 Å². The summed E-state index contributed by atoms with van der Waals surface area (Å²) in [5.41, 5.74) is 4.12. The molecule has 0 aliphatic carbocycles. The van der Waals surface area contributed by atoms with E-state index in [4.69, 9.17) is 0 Å². The van der Waals surface area contributed by atoms with E-state index < -0.39 is 0 Å². The second-order valence-electron chi connectivity index (χ2n) is 4.82. The highest BCUT2D eigenvalue weighted by Crippen LogP contribution is 2.25. The van der Waals surface area contributed by atoms with Crippen molar-refractivity contribution in [3.05, 3.63) is 29.3 Å². The monoisotopic (exact) mass is 297 g/mol. The van der Waals surface area contributed by atoms with Crippen LogP contribution in [0.4, 0.5) is 5.69 Å². The Labute approximate surface area is 114 Å². The van der Waals surface area contributed by atoms with Crippen LogP contribution in [0.3, 0.4) is 0 Å². The third-order valence-corrected chi connectivity index (χ3v) is 3.93. The van der Waals surface area contributed by atoms with Gasteiger partial charge in [0.15, 0.2) is 0 Å². The fourth-order valence-corrected chi connectivity index (χ4v) is 2.48. The first-order chi connectivity index (χ1) is 8.12. The molecule has 2 heteroatoms. The number of halogens is 1. The van der Waals surface area contributed by atoms with Crippen LogP contribution >= 0.6 is 15.9 Å². The van der Waals surface area contributed by atoms with Crippen LogP contribution in [0.2, 0.25) is 0 Å². The molecule has 0 fully saturated rings. The Balaban J connectivity index is 2.94. The molecule has 0 amide bonds. The lowest BCUT2D eigenvalue weighted by Crippen LogP contribution is -2.28. The van der Waals surface area contributed by atoms with Crippen molar-refractivity contribution in [2.24, 2.45) is 5.92 Å². The van der Waals surface area contributed by atoms with E-state index in [1.807, 2.05) is 0 Å². The molecule has 0 saturated heterocycles. The molecule has 17 heavy (non-hydrogen) atoms. The Kier molecular flexibility index (Phi) is 6.04. The first-order valence-electron chi connectivity index (χ1n) is 6.52. The molecule has 0 radical (unpaired) electrons. The maximum absolute atomic E-state index is 3.60. The smallest absolute Gasteiger partial charge is 0.0407 e. The van der Waals surface area contributed by atoms with Gasteiger partial charge in [0, 0.05) is 24.1 Å². The van der Waals surface area contributed by atoms with E-state index in [9.17, 15) is 0 Å². The summed E-state index contributed by atoms with van der Waals surface area (Å²) in [5.74, 6) is 0.749. The minimum atomic E-state index is 0.749. The molecule has 1 atom stereocenters. The molecule has 1 nitrogen and oxygen atoms in total. The lowest BCUT2D eigenvalue weighted by atomic mass is 10.1. The first-order valence-corrected chi connectivity index (χ1v) is 7.64. The number of rotatable bonds is 6. The number of alkyl halides is 1. The molecule has 0 spiro atoms. The molecular weight excluding hydrogens is 274 g/mol. The number of hydrogen-bond donors (Lipinski definition) is 0. The highest BCUT2D eigenvalue weighted by molar-refractivity contribution is 9.08. The topological polar surface area (TPSA) is 3.24 Å². The van der Waals surface area contributed by atoms with Gasteiger partial charge < -0.3 is 4.90 Å². The van der Waals surface area contributed by atoms with E-state index in [1.54, 1.807) is 0 Å². The van der Waals surface area contributed by atoms with Gasteiger partial charge >= 0.3 is 0 Å². The quantitative estimate of drug-likeness (QED) is 0.684. The third-order valence-electron chi connectivity index (χ3n) is 3.33. The number of benzene rings is 1. The molecule has 0 bridgehead atoms. The number of anilines is 1. The van der Waals surface area contributed by atoms with E-state index >= 15 is 0 Å². The van der Waals surface area contributed by atoms with Crippen LogP contribution in [0.15, 0.2) is 18.2 Å². The zero-order valence-electron chi connectivity index (χ0n) is 11.5. The van der Waals surface area contributed by atoms with Gasteiger partial charge in [-0.3, -0.25) is 0 Å². The van der Waals surface area contributed by atoms with Crippen LogP contribution in [0, 0.1) is 12.8 Å². The zero-order valence-corrected chi connectivity index (χ0v) is 13.0. The normalized spacial score (nSPS) is 12.5. The van der Waals surface area contributed by atoms with Gasteiger partial charge in [-0.1, -0.05) is 53.9 Å². The molecule has 0 N–H and O–H groups in total. The molecule has 0 aromatic heterocycles. The van der Waals surface area contributed by atoms with E-state index in [-0.39, 0.29) is 0 Å². The van der Waals surface area contributed by atoms with Crippen molar-refractivity contribution in [3.8, 4) is 0 Å². The second kappa shape index (κ2) is 7.05. The summed E-state index contributed by atoms with van der Waals surface area (Å²) in [4.78, 5) is 2.49. The van der Waals surface area contributed by atoms with Gasteiger partial charge in [0.05, 0.1) is 0 Å². The minimum Gasteiger partial charge on any atom is -0.371 e. The van der Waals surface area contributed by atoms with Crippen molar-refractivity contribution in [2.45, 2.75) is 39.4 Å². The average molecular weight is 298 g/mol. The molecule has 96 valence electrons. The molecule has 0 saturated carbocycles. The van der Waals surface area contributed by atoms with Gasteiger partial charge in [-0.15, -0.1) is 0 Å². The van der Waals surface area contributed by atoms with Crippen LogP contribution in [0.25, 0.3) is 0 Å². The standard InChI is InChI=1S/C15H24BrN/c1-5-12(3)11-17(6-2)15-8-7-13(4)9-14(15)10-16/h7-9,12H,5-6,10-11H2,1-4H3. The van der Waals surface area contributed by atoms with Gasteiger partial charge in [0.2, 0.25) is 0 Å². The molecule has 1 aromatic rings. The first kappa shape index (κ1) is 14.6. The maximum Gasteiger partial charge on any atom is 0.0407 e. The fourth-order valence-electron chi connectivity index (χ4n) is 2.03. The van der Waals surface area contributed by atoms with Crippen LogP contribution in [-0.2, 0) is 5.33 Å². The summed E-state index contributed by atoms with van der Waals surface area (Å²) in [5, 5.41) is 0.932.